The Morgan fingerprint density at radius 3 is 2.35 bits per heavy atom. The first-order valence-electron chi connectivity index (χ1n) is 5.54. The van der Waals surface area contributed by atoms with Crippen LogP contribution in [0.4, 0.5) is 17.6 Å². The Hall–Kier alpha value is -1.51. The zero-order chi connectivity index (χ0) is 15.3. The van der Waals surface area contributed by atoms with Crippen molar-refractivity contribution in [3.63, 3.8) is 0 Å². The molecule has 0 amide bonds. The van der Waals surface area contributed by atoms with Gasteiger partial charge in [-0.1, -0.05) is 20.8 Å². The highest BCUT2D eigenvalue weighted by molar-refractivity contribution is 7.85. The van der Waals surface area contributed by atoms with Crippen LogP contribution in [0.2, 0.25) is 0 Å². The summed E-state index contributed by atoms with van der Waals surface area (Å²) in [7, 11) is -3.26. The summed E-state index contributed by atoms with van der Waals surface area (Å²) in [5, 5.41) is -0.699. The quantitative estimate of drug-likeness (QED) is 0.601. The van der Waals surface area contributed by atoms with Gasteiger partial charge >= 0.3 is 5.51 Å². The lowest BCUT2D eigenvalue weighted by Crippen LogP contribution is -2.17. The van der Waals surface area contributed by atoms with Crippen molar-refractivity contribution in [1.82, 2.24) is 14.4 Å². The number of rotatable bonds is 1. The average Bonchev–Trinajstić information content (AvgIpc) is 2.64. The zero-order valence-corrected chi connectivity index (χ0v) is 11.6. The molecule has 0 N–H and O–H groups in total. The zero-order valence-electron chi connectivity index (χ0n) is 10.8. The monoisotopic (exact) mass is 309 g/mol. The number of hydrogen-bond donors (Lipinski definition) is 0. The molecule has 0 aliphatic rings. The molecule has 0 fully saturated rings. The molecule has 0 aliphatic carbocycles. The summed E-state index contributed by atoms with van der Waals surface area (Å²) in [6.07, 6.45) is 0.853. The Morgan fingerprint density at radius 2 is 1.85 bits per heavy atom. The van der Waals surface area contributed by atoms with E-state index in [0.717, 1.165) is 16.8 Å². The number of aromatic nitrogens is 3. The predicted molar refractivity (Wildman–Crippen MR) is 64.1 cm³/mol. The Balaban J connectivity index is 2.59. The van der Waals surface area contributed by atoms with Crippen molar-refractivity contribution in [2.75, 3.05) is 0 Å². The highest BCUT2D eigenvalue weighted by Gasteiger charge is 2.39. The Bertz CT molecular complexity index is 687. The number of halogens is 4. The standard InChI is InChI=1S/C11H11F4N3OS/c1-10(2,3)8-9(12)18-5-16-7(4-6(18)17-8)20(19)11(13,14)15/h4-5H,1-3H3. The number of imidazole rings is 1. The van der Waals surface area contributed by atoms with Gasteiger partial charge in [-0.15, -0.1) is 0 Å². The van der Waals surface area contributed by atoms with Crippen molar-refractivity contribution in [2.24, 2.45) is 0 Å². The number of hydrogen-bond acceptors (Lipinski definition) is 3. The third-order valence-electron chi connectivity index (χ3n) is 2.54. The molecule has 1 atom stereocenters. The van der Waals surface area contributed by atoms with Gasteiger partial charge in [-0.2, -0.15) is 17.6 Å². The maximum Gasteiger partial charge on any atom is 0.477 e. The molecule has 2 heterocycles. The second kappa shape index (κ2) is 4.51. The maximum absolute atomic E-state index is 14.1. The van der Waals surface area contributed by atoms with E-state index in [2.05, 4.69) is 9.97 Å². The van der Waals surface area contributed by atoms with Crippen molar-refractivity contribution < 1.29 is 21.8 Å². The molecule has 0 spiro atoms. The molecule has 4 nitrogen and oxygen atoms in total. The topological polar surface area (TPSA) is 47.3 Å². The van der Waals surface area contributed by atoms with E-state index < -0.39 is 32.7 Å². The van der Waals surface area contributed by atoms with E-state index in [-0.39, 0.29) is 11.3 Å². The highest BCUT2D eigenvalue weighted by Crippen LogP contribution is 2.28. The third-order valence-corrected chi connectivity index (χ3v) is 3.57. The van der Waals surface area contributed by atoms with E-state index in [1.54, 1.807) is 20.8 Å². The lowest BCUT2D eigenvalue weighted by molar-refractivity contribution is -0.0386. The minimum atomic E-state index is -4.91. The van der Waals surface area contributed by atoms with Gasteiger partial charge in [0.25, 0.3) is 0 Å². The predicted octanol–water partition coefficient (Wildman–Crippen LogP) is 2.79. The van der Waals surface area contributed by atoms with Gasteiger partial charge in [0.05, 0.1) is 0 Å². The van der Waals surface area contributed by atoms with E-state index in [4.69, 9.17) is 0 Å². The van der Waals surface area contributed by atoms with E-state index in [9.17, 15) is 21.8 Å². The fourth-order valence-corrected chi connectivity index (χ4v) is 2.19. The minimum Gasteiger partial charge on any atom is -0.259 e. The summed E-state index contributed by atoms with van der Waals surface area (Å²) < 4.78 is 63.3. The smallest absolute Gasteiger partial charge is 0.259 e. The van der Waals surface area contributed by atoms with Crippen LogP contribution < -0.4 is 0 Å². The van der Waals surface area contributed by atoms with Crippen LogP contribution in [0.1, 0.15) is 26.5 Å². The Morgan fingerprint density at radius 1 is 1.25 bits per heavy atom. The lowest BCUT2D eigenvalue weighted by atomic mass is 9.93. The first-order chi connectivity index (χ1) is 9.01. The molecule has 2 rings (SSSR count). The molecule has 0 bridgehead atoms. The van der Waals surface area contributed by atoms with Gasteiger partial charge in [0.15, 0.2) is 10.8 Å². The fraction of sp³-hybridized carbons (Fsp3) is 0.455. The molecule has 0 saturated heterocycles. The molecule has 0 saturated carbocycles. The van der Waals surface area contributed by atoms with Crippen LogP contribution in [0, 0.1) is 5.95 Å². The van der Waals surface area contributed by atoms with Crippen LogP contribution in [-0.4, -0.2) is 24.1 Å². The van der Waals surface area contributed by atoms with E-state index in [1.807, 2.05) is 0 Å². The van der Waals surface area contributed by atoms with Crippen molar-refractivity contribution in [2.45, 2.75) is 36.7 Å². The van der Waals surface area contributed by atoms with Crippen LogP contribution >= 0.6 is 0 Å². The second-order valence-electron chi connectivity index (χ2n) is 5.17. The van der Waals surface area contributed by atoms with Crippen molar-refractivity contribution in [3.8, 4) is 0 Å². The lowest BCUT2D eigenvalue weighted by Gasteiger charge is -2.14. The van der Waals surface area contributed by atoms with Crippen LogP contribution in [-0.2, 0) is 16.2 Å². The minimum absolute atomic E-state index is 0.0602. The summed E-state index contributed by atoms with van der Waals surface area (Å²) in [5.74, 6) is -0.690. The molecule has 1 unspecified atom stereocenters. The van der Waals surface area contributed by atoms with Gasteiger partial charge < -0.3 is 0 Å². The van der Waals surface area contributed by atoms with Crippen LogP contribution in [0.25, 0.3) is 5.65 Å². The first-order valence-corrected chi connectivity index (χ1v) is 6.69. The van der Waals surface area contributed by atoms with Crippen LogP contribution in [0.3, 0.4) is 0 Å². The molecule has 2 aromatic heterocycles. The van der Waals surface area contributed by atoms with Gasteiger partial charge in [-0.3, -0.25) is 4.40 Å². The summed E-state index contributed by atoms with van der Waals surface area (Å²) in [6.45, 7) is 5.17. The molecule has 9 heteroatoms. The molecule has 0 aliphatic heterocycles. The maximum atomic E-state index is 14.1. The van der Waals surface area contributed by atoms with E-state index >= 15 is 0 Å². The number of fused-ring (bicyclic) bond motifs is 1. The normalized spacial score (nSPS) is 14.8. The first kappa shape index (κ1) is 14.9. The van der Waals surface area contributed by atoms with Gasteiger partial charge in [0.2, 0.25) is 5.95 Å². The Kier molecular flexibility index (Phi) is 3.35. The Labute approximate surface area is 114 Å². The second-order valence-corrected chi connectivity index (χ2v) is 6.59. The van der Waals surface area contributed by atoms with Crippen molar-refractivity contribution >= 4 is 16.4 Å². The molecule has 0 radical (unpaired) electrons. The number of alkyl halides is 3. The van der Waals surface area contributed by atoms with Crippen molar-refractivity contribution in [3.05, 3.63) is 24.0 Å². The van der Waals surface area contributed by atoms with Crippen molar-refractivity contribution in [1.29, 1.82) is 0 Å². The fourth-order valence-electron chi connectivity index (χ4n) is 1.60. The average molecular weight is 309 g/mol. The van der Waals surface area contributed by atoms with E-state index in [0.29, 0.717) is 0 Å². The molecule has 2 aromatic rings. The van der Waals surface area contributed by atoms with Gasteiger partial charge in [0.1, 0.15) is 22.7 Å². The molecule has 110 valence electrons. The summed E-state index contributed by atoms with van der Waals surface area (Å²) in [5.41, 5.74) is -5.48. The van der Waals surface area contributed by atoms with Crippen LogP contribution in [0.15, 0.2) is 17.4 Å². The highest BCUT2D eigenvalue weighted by atomic mass is 32.2. The van der Waals surface area contributed by atoms with E-state index in [1.165, 1.54) is 0 Å². The van der Waals surface area contributed by atoms with Crippen LogP contribution in [0.5, 0.6) is 0 Å². The number of nitrogens with zero attached hydrogens (tertiary/aromatic N) is 3. The molecular weight excluding hydrogens is 298 g/mol. The largest absolute Gasteiger partial charge is 0.477 e. The van der Waals surface area contributed by atoms with Gasteiger partial charge in [0, 0.05) is 11.5 Å². The molecular formula is C11H11F4N3OS. The SMILES string of the molecule is CC(C)(C)c1nc2cc(S(=O)C(F)(F)F)ncn2c1F. The summed E-state index contributed by atoms with van der Waals surface area (Å²) in [6, 6.07) is 0.877. The summed E-state index contributed by atoms with van der Waals surface area (Å²) in [4.78, 5) is 7.35. The third kappa shape index (κ3) is 2.54. The molecule has 0 aromatic carbocycles. The van der Waals surface area contributed by atoms with Gasteiger partial charge in [-0.05, 0) is 0 Å². The molecule has 20 heavy (non-hydrogen) atoms. The van der Waals surface area contributed by atoms with Gasteiger partial charge in [-0.25, -0.2) is 14.2 Å². The summed E-state index contributed by atoms with van der Waals surface area (Å²) >= 11 is 0.